The molecule has 2 bridgehead atoms. The van der Waals surface area contributed by atoms with Crippen molar-refractivity contribution >= 4 is 6.29 Å². The summed E-state index contributed by atoms with van der Waals surface area (Å²) >= 11 is 0. The highest BCUT2D eigenvalue weighted by Gasteiger charge is 2.60. The lowest BCUT2D eigenvalue weighted by Gasteiger charge is -2.49. The van der Waals surface area contributed by atoms with E-state index in [0.29, 0.717) is 16.7 Å². The van der Waals surface area contributed by atoms with E-state index >= 15 is 0 Å². The first-order valence-electron chi connectivity index (χ1n) is 7.28. The SMILES string of the molecule is CC(C)C(C=O)CC1(C)C2CCC(C2)C1(C)C. The van der Waals surface area contributed by atoms with Gasteiger partial charge in [-0.2, -0.15) is 0 Å². The third-order valence-electron chi connectivity index (χ3n) is 6.52. The van der Waals surface area contributed by atoms with Crippen LogP contribution in [0, 0.1) is 34.5 Å². The molecule has 4 unspecified atom stereocenters. The number of carbonyl (C=O) groups excluding carboxylic acids is 1. The van der Waals surface area contributed by atoms with E-state index < -0.39 is 0 Å². The highest BCUT2D eigenvalue weighted by Crippen LogP contribution is 2.68. The summed E-state index contributed by atoms with van der Waals surface area (Å²) in [5.41, 5.74) is 0.803. The van der Waals surface area contributed by atoms with Crippen molar-refractivity contribution in [2.24, 2.45) is 34.5 Å². The Bertz CT molecular complexity index is 305. The number of carbonyl (C=O) groups is 1. The lowest BCUT2D eigenvalue weighted by atomic mass is 9.55. The molecule has 0 aromatic heterocycles. The molecule has 2 saturated carbocycles. The van der Waals surface area contributed by atoms with Crippen molar-refractivity contribution in [2.75, 3.05) is 0 Å². The second kappa shape index (κ2) is 4.10. The number of hydrogen-bond donors (Lipinski definition) is 0. The van der Waals surface area contributed by atoms with Gasteiger partial charge in [-0.15, -0.1) is 0 Å². The molecule has 0 aliphatic heterocycles. The van der Waals surface area contributed by atoms with Crippen molar-refractivity contribution in [1.82, 2.24) is 0 Å². The van der Waals surface area contributed by atoms with Gasteiger partial charge >= 0.3 is 0 Å². The second-order valence-corrected chi connectivity index (χ2v) is 7.59. The van der Waals surface area contributed by atoms with Gasteiger partial charge in [0.1, 0.15) is 6.29 Å². The van der Waals surface area contributed by atoms with Crippen molar-refractivity contribution in [3.05, 3.63) is 0 Å². The first kappa shape index (κ1) is 13.1. The molecule has 0 amide bonds. The van der Waals surface area contributed by atoms with Gasteiger partial charge in [0.25, 0.3) is 0 Å². The zero-order valence-electron chi connectivity index (χ0n) is 12.1. The molecule has 0 aromatic rings. The van der Waals surface area contributed by atoms with Crippen molar-refractivity contribution in [3.63, 3.8) is 0 Å². The van der Waals surface area contributed by atoms with Crippen LogP contribution in [0.15, 0.2) is 0 Å². The fraction of sp³-hybridized carbons (Fsp3) is 0.938. The van der Waals surface area contributed by atoms with Gasteiger partial charge in [0.15, 0.2) is 0 Å². The van der Waals surface area contributed by atoms with E-state index in [4.69, 9.17) is 0 Å². The Labute approximate surface area is 106 Å². The quantitative estimate of drug-likeness (QED) is 0.665. The summed E-state index contributed by atoms with van der Waals surface area (Å²) in [5.74, 6) is 2.50. The van der Waals surface area contributed by atoms with Crippen LogP contribution in [0.3, 0.4) is 0 Å². The molecular weight excluding hydrogens is 208 g/mol. The maximum atomic E-state index is 11.3. The van der Waals surface area contributed by atoms with Gasteiger partial charge in [-0.25, -0.2) is 0 Å². The first-order valence-corrected chi connectivity index (χ1v) is 7.28. The van der Waals surface area contributed by atoms with Crippen LogP contribution >= 0.6 is 0 Å². The zero-order chi connectivity index (χ0) is 12.8. The van der Waals surface area contributed by atoms with Crippen molar-refractivity contribution < 1.29 is 4.79 Å². The molecule has 1 nitrogen and oxygen atoms in total. The smallest absolute Gasteiger partial charge is 0.123 e. The predicted octanol–water partition coefficient (Wildman–Crippen LogP) is 4.31. The Kier molecular flexibility index (Phi) is 3.16. The maximum absolute atomic E-state index is 11.3. The molecule has 0 heterocycles. The fourth-order valence-corrected chi connectivity index (χ4v) is 4.57. The average molecular weight is 236 g/mol. The summed E-state index contributed by atoms with van der Waals surface area (Å²) in [6.07, 6.45) is 6.53. The molecule has 2 rings (SSSR count). The van der Waals surface area contributed by atoms with Gasteiger partial charge < -0.3 is 4.79 Å². The van der Waals surface area contributed by atoms with Crippen LogP contribution < -0.4 is 0 Å². The highest BCUT2D eigenvalue weighted by molar-refractivity contribution is 5.54. The van der Waals surface area contributed by atoms with Crippen LogP contribution in [-0.4, -0.2) is 6.29 Å². The molecule has 4 atom stereocenters. The molecule has 0 saturated heterocycles. The van der Waals surface area contributed by atoms with Crippen molar-refractivity contribution in [1.29, 1.82) is 0 Å². The number of hydrogen-bond acceptors (Lipinski definition) is 1. The van der Waals surface area contributed by atoms with Crippen LogP contribution in [0.25, 0.3) is 0 Å². The summed E-state index contributed by atoms with van der Waals surface area (Å²) in [7, 11) is 0. The summed E-state index contributed by atoms with van der Waals surface area (Å²) in [5, 5.41) is 0. The molecule has 17 heavy (non-hydrogen) atoms. The van der Waals surface area contributed by atoms with Gasteiger partial charge in [-0.3, -0.25) is 0 Å². The van der Waals surface area contributed by atoms with E-state index in [-0.39, 0.29) is 5.92 Å². The topological polar surface area (TPSA) is 17.1 Å². The van der Waals surface area contributed by atoms with E-state index in [9.17, 15) is 4.79 Å². The van der Waals surface area contributed by atoms with E-state index in [1.165, 1.54) is 25.5 Å². The lowest BCUT2D eigenvalue weighted by molar-refractivity contribution is -0.115. The molecule has 0 aromatic carbocycles. The van der Waals surface area contributed by atoms with Crippen LogP contribution in [-0.2, 0) is 4.79 Å². The minimum absolute atomic E-state index is 0.249. The predicted molar refractivity (Wildman–Crippen MR) is 71.7 cm³/mol. The molecule has 0 radical (unpaired) electrons. The summed E-state index contributed by atoms with van der Waals surface area (Å²) in [4.78, 5) is 11.3. The molecule has 0 N–H and O–H groups in total. The Balaban J connectivity index is 2.21. The minimum Gasteiger partial charge on any atom is -0.303 e. The van der Waals surface area contributed by atoms with Crippen LogP contribution in [0.4, 0.5) is 0 Å². The normalized spacial score (nSPS) is 40.8. The molecular formula is C16H28O. The standard InChI is InChI=1S/C16H28O/c1-11(2)12(10-17)9-16(5)14-7-6-13(8-14)15(16,3)4/h10-14H,6-9H2,1-5H3. The number of fused-ring (bicyclic) bond motifs is 2. The third-order valence-corrected chi connectivity index (χ3v) is 6.52. The summed E-state index contributed by atoms with van der Waals surface area (Å²) in [6.45, 7) is 11.7. The molecule has 98 valence electrons. The van der Waals surface area contributed by atoms with Crippen LogP contribution in [0.5, 0.6) is 0 Å². The third kappa shape index (κ3) is 1.77. The van der Waals surface area contributed by atoms with E-state index in [1.807, 2.05) is 0 Å². The van der Waals surface area contributed by atoms with E-state index in [1.54, 1.807) is 0 Å². The Morgan fingerprint density at radius 3 is 2.18 bits per heavy atom. The van der Waals surface area contributed by atoms with Crippen LogP contribution in [0.1, 0.15) is 60.3 Å². The van der Waals surface area contributed by atoms with Gasteiger partial charge in [0, 0.05) is 5.92 Å². The molecule has 2 fully saturated rings. The minimum atomic E-state index is 0.249. The monoisotopic (exact) mass is 236 g/mol. The maximum Gasteiger partial charge on any atom is 0.123 e. The van der Waals surface area contributed by atoms with Crippen molar-refractivity contribution in [2.45, 2.75) is 60.3 Å². The van der Waals surface area contributed by atoms with Gasteiger partial charge in [-0.05, 0) is 54.3 Å². The van der Waals surface area contributed by atoms with Crippen LogP contribution in [0.2, 0.25) is 0 Å². The summed E-state index contributed by atoms with van der Waals surface area (Å²) < 4.78 is 0. The summed E-state index contributed by atoms with van der Waals surface area (Å²) in [6, 6.07) is 0. The largest absolute Gasteiger partial charge is 0.303 e. The van der Waals surface area contributed by atoms with Gasteiger partial charge in [0.2, 0.25) is 0 Å². The van der Waals surface area contributed by atoms with Gasteiger partial charge in [0.05, 0.1) is 0 Å². The Morgan fingerprint density at radius 1 is 1.18 bits per heavy atom. The molecule has 1 heteroatoms. The zero-order valence-corrected chi connectivity index (χ0v) is 12.1. The second-order valence-electron chi connectivity index (χ2n) is 7.59. The Morgan fingerprint density at radius 2 is 1.76 bits per heavy atom. The number of aldehydes is 1. The first-order chi connectivity index (χ1) is 7.83. The van der Waals surface area contributed by atoms with E-state index in [2.05, 4.69) is 34.6 Å². The average Bonchev–Trinajstić information content (AvgIpc) is 2.79. The highest BCUT2D eigenvalue weighted by atomic mass is 16.1. The van der Waals surface area contributed by atoms with Crippen molar-refractivity contribution in [3.8, 4) is 0 Å². The molecule has 0 spiro atoms. The fourth-order valence-electron chi connectivity index (χ4n) is 4.57. The Hall–Kier alpha value is -0.330. The number of rotatable bonds is 4. The molecule has 2 aliphatic carbocycles. The molecule has 2 aliphatic rings. The lowest BCUT2D eigenvalue weighted by Crippen LogP contribution is -2.42. The van der Waals surface area contributed by atoms with E-state index in [0.717, 1.165) is 18.3 Å². The van der Waals surface area contributed by atoms with Gasteiger partial charge in [-0.1, -0.05) is 34.6 Å².